The van der Waals surface area contributed by atoms with Gasteiger partial charge in [0.1, 0.15) is 5.76 Å². The highest BCUT2D eigenvalue weighted by Crippen LogP contribution is 2.22. The second-order valence-corrected chi connectivity index (χ2v) is 4.60. The van der Waals surface area contributed by atoms with Crippen LogP contribution in [0.1, 0.15) is 49.2 Å². The first-order valence-electron chi connectivity index (χ1n) is 6.54. The van der Waals surface area contributed by atoms with Gasteiger partial charge in [0, 0.05) is 6.04 Å². The predicted molar refractivity (Wildman–Crippen MR) is 74.4 cm³/mol. The zero-order valence-electron chi connectivity index (χ0n) is 11.3. The van der Waals surface area contributed by atoms with Crippen molar-refractivity contribution in [2.45, 2.75) is 32.4 Å². The molecule has 0 aliphatic heterocycles. The van der Waals surface area contributed by atoms with Crippen LogP contribution in [0.25, 0.3) is 0 Å². The number of nitrogens with one attached hydrogen (secondary N) is 1. The van der Waals surface area contributed by atoms with E-state index in [1.54, 1.807) is 6.26 Å². The lowest BCUT2D eigenvalue weighted by Gasteiger charge is -2.21. The topological polar surface area (TPSA) is 49.0 Å². The van der Waals surface area contributed by atoms with Gasteiger partial charge >= 0.3 is 0 Å². The Labute approximate surface area is 113 Å². The van der Waals surface area contributed by atoms with E-state index in [0.29, 0.717) is 5.56 Å². The summed E-state index contributed by atoms with van der Waals surface area (Å²) in [7, 11) is 0. The van der Waals surface area contributed by atoms with Crippen LogP contribution >= 0.6 is 0 Å². The molecule has 0 radical (unpaired) electrons. The van der Waals surface area contributed by atoms with Crippen LogP contribution in [-0.2, 0) is 0 Å². The molecule has 0 fully saturated rings. The Morgan fingerprint density at radius 2 is 2.00 bits per heavy atom. The summed E-state index contributed by atoms with van der Waals surface area (Å²) in [5.41, 5.74) is 1.86. The molecule has 0 aliphatic carbocycles. The number of nitriles is 1. The van der Waals surface area contributed by atoms with Gasteiger partial charge in [0.15, 0.2) is 0 Å². The number of rotatable bonds is 5. The average Bonchev–Trinajstić information content (AvgIpc) is 2.98. The molecule has 0 bridgehead atoms. The van der Waals surface area contributed by atoms with Crippen LogP contribution in [0.4, 0.5) is 0 Å². The minimum Gasteiger partial charge on any atom is -0.468 e. The van der Waals surface area contributed by atoms with Crippen molar-refractivity contribution < 1.29 is 4.42 Å². The summed E-state index contributed by atoms with van der Waals surface area (Å²) in [6, 6.07) is 14.1. The molecule has 0 aliphatic rings. The molecular weight excluding hydrogens is 236 g/mol. The van der Waals surface area contributed by atoms with Crippen LogP contribution in [0, 0.1) is 11.3 Å². The Hall–Kier alpha value is -2.05. The first-order valence-corrected chi connectivity index (χ1v) is 6.54. The second-order valence-electron chi connectivity index (χ2n) is 4.60. The number of furan rings is 1. The average molecular weight is 254 g/mol. The van der Waals surface area contributed by atoms with Crippen molar-refractivity contribution in [1.82, 2.24) is 5.32 Å². The molecule has 2 rings (SSSR count). The SMILES string of the molecule is CCC(NC(C)c1ccc(C#N)cc1)c1ccco1. The Bertz CT molecular complexity index is 537. The molecule has 2 atom stereocenters. The van der Waals surface area contributed by atoms with E-state index in [-0.39, 0.29) is 12.1 Å². The van der Waals surface area contributed by atoms with Crippen molar-refractivity contribution in [3.05, 3.63) is 59.5 Å². The van der Waals surface area contributed by atoms with Gasteiger partial charge in [-0.15, -0.1) is 0 Å². The summed E-state index contributed by atoms with van der Waals surface area (Å²) < 4.78 is 5.45. The molecule has 1 aromatic carbocycles. The first-order chi connectivity index (χ1) is 9.24. The maximum Gasteiger partial charge on any atom is 0.120 e. The molecule has 2 aromatic rings. The van der Waals surface area contributed by atoms with E-state index in [2.05, 4.69) is 25.2 Å². The summed E-state index contributed by atoms with van der Waals surface area (Å²) in [4.78, 5) is 0. The number of nitrogens with zero attached hydrogens (tertiary/aromatic N) is 1. The fraction of sp³-hybridized carbons (Fsp3) is 0.312. The van der Waals surface area contributed by atoms with Gasteiger partial charge in [0.05, 0.1) is 23.9 Å². The molecule has 98 valence electrons. The van der Waals surface area contributed by atoms with Crippen LogP contribution in [0.5, 0.6) is 0 Å². The van der Waals surface area contributed by atoms with E-state index in [0.717, 1.165) is 12.2 Å². The molecule has 3 heteroatoms. The van der Waals surface area contributed by atoms with Crippen LogP contribution < -0.4 is 5.32 Å². The molecule has 0 spiro atoms. The molecule has 1 heterocycles. The Kier molecular flexibility index (Phi) is 4.38. The van der Waals surface area contributed by atoms with E-state index < -0.39 is 0 Å². The van der Waals surface area contributed by atoms with Crippen molar-refractivity contribution >= 4 is 0 Å². The largest absolute Gasteiger partial charge is 0.468 e. The van der Waals surface area contributed by atoms with Gasteiger partial charge in [-0.1, -0.05) is 19.1 Å². The fourth-order valence-electron chi connectivity index (χ4n) is 2.14. The highest BCUT2D eigenvalue weighted by Gasteiger charge is 2.15. The van der Waals surface area contributed by atoms with Crippen molar-refractivity contribution in [1.29, 1.82) is 5.26 Å². The van der Waals surface area contributed by atoms with Gasteiger partial charge in [-0.05, 0) is 43.2 Å². The number of benzene rings is 1. The second kappa shape index (κ2) is 6.21. The van der Waals surface area contributed by atoms with E-state index in [9.17, 15) is 0 Å². The van der Waals surface area contributed by atoms with E-state index >= 15 is 0 Å². The quantitative estimate of drug-likeness (QED) is 0.878. The van der Waals surface area contributed by atoms with Gasteiger partial charge in [0.25, 0.3) is 0 Å². The van der Waals surface area contributed by atoms with E-state index in [1.165, 1.54) is 5.56 Å². The highest BCUT2D eigenvalue weighted by molar-refractivity contribution is 5.32. The minimum absolute atomic E-state index is 0.209. The third kappa shape index (κ3) is 3.24. The molecule has 3 nitrogen and oxygen atoms in total. The Morgan fingerprint density at radius 1 is 1.26 bits per heavy atom. The maximum absolute atomic E-state index is 8.80. The van der Waals surface area contributed by atoms with Crippen LogP contribution in [0.2, 0.25) is 0 Å². The summed E-state index contributed by atoms with van der Waals surface area (Å²) in [5, 5.41) is 12.3. The summed E-state index contributed by atoms with van der Waals surface area (Å²) >= 11 is 0. The third-order valence-electron chi connectivity index (χ3n) is 3.29. The normalized spacial score (nSPS) is 13.7. The molecule has 0 saturated carbocycles. The number of hydrogen-bond acceptors (Lipinski definition) is 3. The molecular formula is C16H18N2O. The zero-order valence-corrected chi connectivity index (χ0v) is 11.3. The summed E-state index contributed by atoms with van der Waals surface area (Å²) in [6.07, 6.45) is 2.67. The van der Waals surface area contributed by atoms with Crippen LogP contribution in [-0.4, -0.2) is 0 Å². The standard InChI is InChI=1S/C16H18N2O/c1-3-15(16-5-4-10-19-16)18-12(2)14-8-6-13(11-17)7-9-14/h4-10,12,15,18H,3H2,1-2H3. The first kappa shape index (κ1) is 13.4. The van der Waals surface area contributed by atoms with Gasteiger partial charge in [-0.25, -0.2) is 0 Å². The van der Waals surface area contributed by atoms with Gasteiger partial charge in [-0.2, -0.15) is 5.26 Å². The Morgan fingerprint density at radius 3 is 2.53 bits per heavy atom. The summed E-state index contributed by atoms with van der Waals surface area (Å²) in [6.45, 7) is 4.25. The fourth-order valence-corrected chi connectivity index (χ4v) is 2.14. The zero-order chi connectivity index (χ0) is 13.7. The lowest BCUT2D eigenvalue weighted by molar-refractivity contribution is 0.376. The molecule has 0 saturated heterocycles. The minimum atomic E-state index is 0.209. The highest BCUT2D eigenvalue weighted by atomic mass is 16.3. The predicted octanol–water partition coefficient (Wildman–Crippen LogP) is 3.95. The van der Waals surface area contributed by atoms with Gasteiger partial charge in [0.2, 0.25) is 0 Å². The monoisotopic (exact) mass is 254 g/mol. The van der Waals surface area contributed by atoms with Crippen molar-refractivity contribution in [3.8, 4) is 6.07 Å². The lowest BCUT2D eigenvalue weighted by Crippen LogP contribution is -2.23. The molecule has 0 amide bonds. The third-order valence-corrected chi connectivity index (χ3v) is 3.29. The molecule has 19 heavy (non-hydrogen) atoms. The van der Waals surface area contributed by atoms with Crippen LogP contribution in [0.3, 0.4) is 0 Å². The van der Waals surface area contributed by atoms with Crippen molar-refractivity contribution in [2.75, 3.05) is 0 Å². The molecule has 1 aromatic heterocycles. The van der Waals surface area contributed by atoms with Gasteiger partial charge < -0.3 is 9.73 Å². The van der Waals surface area contributed by atoms with Crippen LogP contribution in [0.15, 0.2) is 47.1 Å². The maximum atomic E-state index is 8.80. The molecule has 1 N–H and O–H groups in total. The lowest BCUT2D eigenvalue weighted by atomic mass is 10.0. The summed E-state index contributed by atoms with van der Waals surface area (Å²) in [5.74, 6) is 0.961. The Balaban J connectivity index is 2.07. The van der Waals surface area contributed by atoms with Crippen molar-refractivity contribution in [2.24, 2.45) is 0 Å². The van der Waals surface area contributed by atoms with Crippen molar-refractivity contribution in [3.63, 3.8) is 0 Å². The molecule has 2 unspecified atom stereocenters. The van der Waals surface area contributed by atoms with E-state index in [4.69, 9.17) is 9.68 Å². The smallest absolute Gasteiger partial charge is 0.120 e. The van der Waals surface area contributed by atoms with Gasteiger partial charge in [-0.3, -0.25) is 0 Å². The number of hydrogen-bond donors (Lipinski definition) is 1. The van der Waals surface area contributed by atoms with E-state index in [1.807, 2.05) is 36.4 Å².